The van der Waals surface area contributed by atoms with Gasteiger partial charge in [-0.25, -0.2) is 0 Å². The lowest BCUT2D eigenvalue weighted by Gasteiger charge is -2.72. The molecule has 0 aromatic heterocycles. The average Bonchev–Trinajstić information content (AvgIpc) is 2.84. The second-order valence-corrected chi connectivity index (χ2v) is 20.5. The number of aliphatic hydroxyl groups is 4. The molecule has 40 heavy (non-hydrogen) atoms. The Morgan fingerprint density at radius 1 is 0.925 bits per heavy atom. The molecule has 4 N–H and O–H groups in total. The summed E-state index contributed by atoms with van der Waals surface area (Å²) in [4.78, 5) is 14.1. The lowest BCUT2D eigenvalue weighted by atomic mass is 9.33. The molecule has 11 unspecified atom stereocenters. The van der Waals surface area contributed by atoms with Crippen LogP contribution in [0.15, 0.2) is 11.6 Å². The largest absolute Gasteiger partial charge is 0.416 e. The minimum Gasteiger partial charge on any atom is -0.416 e. The zero-order valence-corrected chi connectivity index (χ0v) is 27.2. The molecule has 0 saturated heterocycles. The third-order valence-electron chi connectivity index (χ3n) is 13.7. The van der Waals surface area contributed by atoms with Gasteiger partial charge in [0.15, 0.2) is 0 Å². The summed E-state index contributed by atoms with van der Waals surface area (Å²) in [5.41, 5.74) is -1.06. The molecular weight excluding hydrogens is 524 g/mol. The minimum absolute atomic E-state index is 0.103. The lowest BCUT2D eigenvalue weighted by molar-refractivity contribution is -0.245. The monoisotopic (exact) mass is 580 g/mol. The van der Waals surface area contributed by atoms with Crippen molar-refractivity contribution in [1.29, 1.82) is 0 Å². The van der Waals surface area contributed by atoms with Crippen LogP contribution in [0.25, 0.3) is 0 Å². The predicted molar refractivity (Wildman–Crippen MR) is 161 cm³/mol. The van der Waals surface area contributed by atoms with Crippen LogP contribution in [0.2, 0.25) is 0 Å². The molecule has 0 spiro atoms. The SMILES string of the molecule is CC1(C)CCC2(C(=O)OS(C)(C)C)CCC3(C)C(=CCC4C5(C)CC(O)C(O)C(C)(CO)C5CCC43C)C2C1O. The summed E-state index contributed by atoms with van der Waals surface area (Å²) >= 11 is 0. The summed E-state index contributed by atoms with van der Waals surface area (Å²) < 4.78 is 6.17. The highest BCUT2D eigenvalue weighted by Gasteiger charge is 2.71. The van der Waals surface area contributed by atoms with E-state index in [-0.39, 0.29) is 52.0 Å². The molecular formula is C33H56O6S. The standard InChI is InChI=1S/C33H56O6S/c1-28(2)14-16-33(27(38)39-40(7,8)9)17-15-31(5)20(24(33)26(28)37)10-11-23-29(3)18-21(35)25(36)30(4,19-34)22(29)12-13-32(23,31)6/h10,21-26,34-37H,11-19H2,1-9H3. The molecule has 11 atom stereocenters. The van der Waals surface area contributed by atoms with Crippen molar-refractivity contribution < 1.29 is 29.4 Å². The van der Waals surface area contributed by atoms with Crippen LogP contribution in [-0.4, -0.2) is 70.1 Å². The first-order valence-electron chi connectivity index (χ1n) is 15.5. The maximum Gasteiger partial charge on any atom is 0.323 e. The summed E-state index contributed by atoms with van der Waals surface area (Å²) in [5.74, 6) is -0.0306. The summed E-state index contributed by atoms with van der Waals surface area (Å²) in [5, 5.41) is 44.7. The van der Waals surface area contributed by atoms with Crippen molar-refractivity contribution in [1.82, 2.24) is 0 Å². The lowest BCUT2D eigenvalue weighted by Crippen LogP contribution is -2.69. The second-order valence-electron chi connectivity index (χ2n) is 16.8. The third-order valence-corrected chi connectivity index (χ3v) is 14.3. The fourth-order valence-electron chi connectivity index (χ4n) is 11.1. The van der Waals surface area contributed by atoms with Gasteiger partial charge in [-0.15, -0.1) is 0 Å². The molecule has 0 heterocycles. The maximum absolute atomic E-state index is 14.1. The molecule has 7 heteroatoms. The zero-order chi connectivity index (χ0) is 29.9. The van der Waals surface area contributed by atoms with Gasteiger partial charge in [0.2, 0.25) is 0 Å². The number of aliphatic hydroxyl groups excluding tert-OH is 4. The number of allylic oxidation sites excluding steroid dienone is 1. The van der Waals surface area contributed by atoms with Crippen LogP contribution in [0.5, 0.6) is 0 Å². The Bertz CT molecular complexity index is 1080. The van der Waals surface area contributed by atoms with E-state index in [0.29, 0.717) is 12.8 Å². The molecule has 5 aliphatic carbocycles. The number of rotatable bonds is 3. The number of hydrogen-bond donors (Lipinski definition) is 4. The average molecular weight is 581 g/mol. The first-order valence-corrected chi connectivity index (χ1v) is 18.3. The van der Waals surface area contributed by atoms with Crippen molar-refractivity contribution in [3.05, 3.63) is 11.6 Å². The molecule has 0 aromatic carbocycles. The van der Waals surface area contributed by atoms with Gasteiger partial charge in [-0.3, -0.25) is 4.79 Å². The van der Waals surface area contributed by atoms with E-state index in [9.17, 15) is 25.2 Å². The Morgan fingerprint density at radius 3 is 2.15 bits per heavy atom. The van der Waals surface area contributed by atoms with Crippen LogP contribution in [0.4, 0.5) is 0 Å². The summed E-state index contributed by atoms with van der Waals surface area (Å²) in [6.45, 7) is 13.2. The first-order chi connectivity index (χ1) is 18.2. The van der Waals surface area contributed by atoms with Gasteiger partial charge in [0, 0.05) is 11.3 Å². The van der Waals surface area contributed by atoms with Crippen molar-refractivity contribution in [3.63, 3.8) is 0 Å². The minimum atomic E-state index is -1.51. The maximum atomic E-state index is 14.1. The second kappa shape index (κ2) is 9.20. The van der Waals surface area contributed by atoms with Gasteiger partial charge in [-0.1, -0.05) is 63.5 Å². The number of carbonyl (C=O) groups excluding carboxylic acids is 1. The van der Waals surface area contributed by atoms with E-state index >= 15 is 0 Å². The highest BCUT2D eigenvalue weighted by Crippen LogP contribution is 2.76. The molecule has 0 aliphatic heterocycles. The van der Waals surface area contributed by atoms with Crippen molar-refractivity contribution in [2.45, 2.75) is 111 Å². The van der Waals surface area contributed by atoms with Gasteiger partial charge in [-0.2, -0.15) is 0 Å². The zero-order valence-electron chi connectivity index (χ0n) is 26.4. The number of hydrogen-bond acceptors (Lipinski definition) is 6. The van der Waals surface area contributed by atoms with Gasteiger partial charge in [0.25, 0.3) is 0 Å². The van der Waals surface area contributed by atoms with Gasteiger partial charge < -0.3 is 24.6 Å². The van der Waals surface area contributed by atoms with E-state index in [1.54, 1.807) is 0 Å². The Hall–Kier alpha value is -0.600. The van der Waals surface area contributed by atoms with Crippen LogP contribution in [-0.2, 0) is 8.98 Å². The van der Waals surface area contributed by atoms with Crippen LogP contribution < -0.4 is 0 Å². The van der Waals surface area contributed by atoms with Crippen molar-refractivity contribution >= 4 is 16.3 Å². The molecule has 6 nitrogen and oxygen atoms in total. The number of fused-ring (bicyclic) bond motifs is 7. The van der Waals surface area contributed by atoms with Crippen LogP contribution in [0.3, 0.4) is 0 Å². The van der Waals surface area contributed by atoms with Crippen molar-refractivity contribution in [2.75, 3.05) is 25.4 Å². The van der Waals surface area contributed by atoms with E-state index in [4.69, 9.17) is 4.18 Å². The molecule has 5 aliphatic rings. The smallest absolute Gasteiger partial charge is 0.323 e. The molecule has 4 saturated carbocycles. The molecule has 230 valence electrons. The summed E-state index contributed by atoms with van der Waals surface area (Å²) in [7, 11) is -1.51. The van der Waals surface area contributed by atoms with Gasteiger partial charge >= 0.3 is 5.97 Å². The molecule has 0 bridgehead atoms. The van der Waals surface area contributed by atoms with Crippen LogP contribution in [0.1, 0.15) is 92.9 Å². The molecule has 0 aromatic rings. The first kappa shape index (κ1) is 30.8. The van der Waals surface area contributed by atoms with Crippen molar-refractivity contribution in [2.24, 2.45) is 50.2 Å². The number of carbonyl (C=O) groups is 1. The topological polar surface area (TPSA) is 107 Å². The van der Waals surface area contributed by atoms with E-state index in [0.717, 1.165) is 38.5 Å². The van der Waals surface area contributed by atoms with E-state index < -0.39 is 39.5 Å². The Morgan fingerprint density at radius 2 is 1.55 bits per heavy atom. The summed E-state index contributed by atoms with van der Waals surface area (Å²) in [6, 6.07) is 0. The molecule has 4 fully saturated rings. The molecule has 5 rings (SSSR count). The molecule has 0 radical (unpaired) electrons. The highest BCUT2D eigenvalue weighted by molar-refractivity contribution is 8.28. The van der Waals surface area contributed by atoms with Crippen LogP contribution in [0, 0.1) is 50.2 Å². The van der Waals surface area contributed by atoms with Gasteiger partial charge in [0.1, 0.15) is 0 Å². The summed E-state index contributed by atoms with van der Waals surface area (Å²) in [6.07, 6.45) is 12.3. The Kier molecular flexibility index (Phi) is 7.10. The van der Waals surface area contributed by atoms with E-state index in [1.807, 2.05) is 25.7 Å². The van der Waals surface area contributed by atoms with Gasteiger partial charge in [0.05, 0.1) is 30.3 Å². The fourth-order valence-corrected chi connectivity index (χ4v) is 11.7. The third kappa shape index (κ3) is 3.92. The predicted octanol–water partition coefficient (Wildman–Crippen LogP) is 5.22. The van der Waals surface area contributed by atoms with Gasteiger partial charge in [-0.05, 0) is 104 Å². The van der Waals surface area contributed by atoms with E-state index in [2.05, 4.69) is 40.7 Å². The normalized spacial score (nSPS) is 52.3. The highest BCUT2D eigenvalue weighted by atomic mass is 32.3. The fraction of sp³-hybridized carbons (Fsp3) is 0.909. The molecule has 0 amide bonds. The van der Waals surface area contributed by atoms with E-state index in [1.165, 1.54) is 5.57 Å². The Labute approximate surface area is 243 Å². The van der Waals surface area contributed by atoms with Crippen molar-refractivity contribution in [3.8, 4) is 0 Å². The Balaban J connectivity index is 1.62. The quantitative estimate of drug-likeness (QED) is 0.341. The van der Waals surface area contributed by atoms with Crippen LogP contribution >= 0.6 is 10.3 Å².